The van der Waals surface area contributed by atoms with E-state index in [1.165, 1.54) is 5.56 Å². The highest BCUT2D eigenvalue weighted by molar-refractivity contribution is 7.71. The summed E-state index contributed by atoms with van der Waals surface area (Å²) in [6.07, 6.45) is 6.13. The molecule has 0 spiro atoms. The molecular weight excluding hydrogens is 403 g/mol. The SMILES string of the molecule is CCn1c(=S)[nH]c2cc3c(NCCc4ccncc4)ncnc3cc21.Cl.Cl. The monoisotopic (exact) mass is 422 g/mol. The number of H-pyrrole nitrogens is 1. The van der Waals surface area contributed by atoms with Crippen molar-refractivity contribution in [1.29, 1.82) is 0 Å². The van der Waals surface area contributed by atoms with Crippen LogP contribution in [0, 0.1) is 4.77 Å². The minimum absolute atomic E-state index is 0. The Morgan fingerprint density at radius 2 is 1.93 bits per heavy atom. The lowest BCUT2D eigenvalue weighted by atomic mass is 10.2. The van der Waals surface area contributed by atoms with E-state index in [1.54, 1.807) is 6.33 Å². The van der Waals surface area contributed by atoms with Gasteiger partial charge in [-0.15, -0.1) is 24.8 Å². The van der Waals surface area contributed by atoms with Gasteiger partial charge in [0.2, 0.25) is 0 Å². The zero-order chi connectivity index (χ0) is 17.2. The average molecular weight is 423 g/mol. The van der Waals surface area contributed by atoms with Crippen molar-refractivity contribution in [2.45, 2.75) is 19.9 Å². The molecule has 0 aliphatic rings. The van der Waals surface area contributed by atoms with Crippen molar-refractivity contribution >= 4 is 64.8 Å². The number of anilines is 1. The molecule has 4 rings (SSSR count). The molecule has 0 amide bonds. The van der Waals surface area contributed by atoms with Crippen molar-refractivity contribution in [2.75, 3.05) is 11.9 Å². The van der Waals surface area contributed by atoms with Crippen LogP contribution in [0.5, 0.6) is 0 Å². The molecule has 27 heavy (non-hydrogen) atoms. The van der Waals surface area contributed by atoms with Gasteiger partial charge in [-0.2, -0.15) is 0 Å². The molecule has 0 radical (unpaired) electrons. The number of hydrogen-bond acceptors (Lipinski definition) is 5. The van der Waals surface area contributed by atoms with E-state index in [9.17, 15) is 0 Å². The summed E-state index contributed by atoms with van der Waals surface area (Å²) in [6.45, 7) is 3.70. The fourth-order valence-electron chi connectivity index (χ4n) is 3.04. The maximum absolute atomic E-state index is 5.40. The minimum Gasteiger partial charge on any atom is -0.369 e. The minimum atomic E-state index is 0. The van der Waals surface area contributed by atoms with E-state index in [2.05, 4.69) is 48.9 Å². The van der Waals surface area contributed by atoms with E-state index in [1.807, 2.05) is 24.5 Å². The van der Waals surface area contributed by atoms with Gasteiger partial charge in [-0.25, -0.2) is 9.97 Å². The molecule has 0 unspecified atom stereocenters. The number of aryl methyl sites for hydroxylation is 1. The normalized spacial score (nSPS) is 10.4. The largest absolute Gasteiger partial charge is 0.369 e. The number of imidazole rings is 1. The van der Waals surface area contributed by atoms with Crippen LogP contribution in [0.15, 0.2) is 43.0 Å². The van der Waals surface area contributed by atoms with Crippen LogP contribution in [-0.2, 0) is 13.0 Å². The molecule has 0 bridgehead atoms. The number of nitrogens with zero attached hydrogens (tertiary/aromatic N) is 4. The van der Waals surface area contributed by atoms with Gasteiger partial charge in [0.25, 0.3) is 0 Å². The summed E-state index contributed by atoms with van der Waals surface area (Å²) in [5.41, 5.74) is 4.23. The van der Waals surface area contributed by atoms with Crippen molar-refractivity contribution in [3.05, 3.63) is 53.3 Å². The molecule has 4 aromatic rings. The van der Waals surface area contributed by atoms with E-state index in [-0.39, 0.29) is 24.8 Å². The molecule has 0 saturated carbocycles. The zero-order valence-electron chi connectivity index (χ0n) is 14.7. The zero-order valence-corrected chi connectivity index (χ0v) is 17.1. The summed E-state index contributed by atoms with van der Waals surface area (Å²) in [5.74, 6) is 0.838. The number of rotatable bonds is 5. The molecule has 0 saturated heterocycles. The molecule has 6 nitrogen and oxygen atoms in total. The molecule has 142 valence electrons. The van der Waals surface area contributed by atoms with Gasteiger partial charge in [-0.05, 0) is 55.4 Å². The molecule has 3 heterocycles. The van der Waals surface area contributed by atoms with E-state index in [0.29, 0.717) is 0 Å². The molecule has 0 fully saturated rings. The lowest BCUT2D eigenvalue weighted by Gasteiger charge is -2.09. The smallest absolute Gasteiger partial charge is 0.178 e. The first kappa shape index (κ1) is 21.1. The molecular formula is C18H20Cl2N6S. The third kappa shape index (κ3) is 4.21. The highest BCUT2D eigenvalue weighted by Crippen LogP contribution is 2.25. The molecule has 0 aliphatic heterocycles. The van der Waals surface area contributed by atoms with Gasteiger partial charge >= 0.3 is 0 Å². The fraction of sp³-hybridized carbons (Fsp3) is 0.222. The number of nitrogens with one attached hydrogen (secondary N) is 2. The second kappa shape index (κ2) is 9.12. The lowest BCUT2D eigenvalue weighted by molar-refractivity contribution is 0.774. The number of benzene rings is 1. The highest BCUT2D eigenvalue weighted by atomic mass is 35.5. The fourth-order valence-corrected chi connectivity index (χ4v) is 3.37. The molecule has 0 atom stereocenters. The van der Waals surface area contributed by atoms with Crippen LogP contribution in [0.2, 0.25) is 0 Å². The van der Waals surface area contributed by atoms with Crippen molar-refractivity contribution in [2.24, 2.45) is 0 Å². The highest BCUT2D eigenvalue weighted by Gasteiger charge is 2.09. The van der Waals surface area contributed by atoms with Crippen LogP contribution in [0.1, 0.15) is 12.5 Å². The van der Waals surface area contributed by atoms with Gasteiger partial charge in [0.15, 0.2) is 4.77 Å². The molecule has 3 aromatic heterocycles. The number of aromatic amines is 1. The predicted octanol–water partition coefficient (Wildman–Crippen LogP) is 4.56. The molecule has 0 aliphatic carbocycles. The number of aromatic nitrogens is 5. The van der Waals surface area contributed by atoms with Crippen molar-refractivity contribution in [3.8, 4) is 0 Å². The summed E-state index contributed by atoms with van der Waals surface area (Å²) in [5, 5.41) is 4.41. The topological polar surface area (TPSA) is 71.4 Å². The van der Waals surface area contributed by atoms with Crippen molar-refractivity contribution < 1.29 is 0 Å². The maximum atomic E-state index is 5.40. The molecule has 1 aromatic carbocycles. The van der Waals surface area contributed by atoms with Gasteiger partial charge in [0.05, 0.1) is 16.6 Å². The maximum Gasteiger partial charge on any atom is 0.178 e. The number of fused-ring (bicyclic) bond motifs is 2. The van der Waals surface area contributed by atoms with E-state index in [0.717, 1.165) is 52.0 Å². The van der Waals surface area contributed by atoms with Crippen LogP contribution in [0.25, 0.3) is 21.9 Å². The summed E-state index contributed by atoms with van der Waals surface area (Å²) >= 11 is 5.40. The summed E-state index contributed by atoms with van der Waals surface area (Å²) in [7, 11) is 0. The summed E-state index contributed by atoms with van der Waals surface area (Å²) < 4.78 is 2.80. The van der Waals surface area contributed by atoms with Crippen LogP contribution in [0.4, 0.5) is 5.82 Å². The standard InChI is InChI=1S/C18H18N6S.2ClH/c1-2-24-16-10-14-13(9-15(16)23-18(24)25)17(22-11-21-14)20-8-5-12-3-6-19-7-4-12;;/h3-4,6-7,9-11H,2,5,8H2,1H3,(H,23,25)(H,20,21,22);2*1H. The Bertz CT molecular complexity index is 1090. The quantitative estimate of drug-likeness (QED) is 0.461. The first-order valence-electron chi connectivity index (χ1n) is 8.26. The Kier molecular flexibility index (Phi) is 7.12. The Morgan fingerprint density at radius 3 is 2.67 bits per heavy atom. The third-order valence-corrected chi connectivity index (χ3v) is 4.62. The second-order valence-electron chi connectivity index (χ2n) is 5.82. The second-order valence-corrected chi connectivity index (χ2v) is 6.20. The van der Waals surface area contributed by atoms with Gasteiger partial charge in [0.1, 0.15) is 12.1 Å². The number of hydrogen-bond donors (Lipinski definition) is 2. The first-order chi connectivity index (χ1) is 12.3. The van der Waals surface area contributed by atoms with Crippen LogP contribution < -0.4 is 5.32 Å². The molecule has 2 N–H and O–H groups in total. The van der Waals surface area contributed by atoms with Crippen LogP contribution in [0.3, 0.4) is 0 Å². The summed E-state index contributed by atoms with van der Waals surface area (Å²) in [4.78, 5) is 16.1. The Hall–Kier alpha value is -2.22. The van der Waals surface area contributed by atoms with Gasteiger partial charge < -0.3 is 14.9 Å². The third-order valence-electron chi connectivity index (χ3n) is 4.30. The first-order valence-corrected chi connectivity index (χ1v) is 8.67. The number of halogens is 2. The molecule has 9 heteroatoms. The Balaban J connectivity index is 0.00000131. The predicted molar refractivity (Wildman–Crippen MR) is 117 cm³/mol. The lowest BCUT2D eigenvalue weighted by Crippen LogP contribution is -2.07. The summed E-state index contributed by atoms with van der Waals surface area (Å²) in [6, 6.07) is 8.19. The van der Waals surface area contributed by atoms with Gasteiger partial charge in [0, 0.05) is 30.9 Å². The Morgan fingerprint density at radius 1 is 1.15 bits per heavy atom. The van der Waals surface area contributed by atoms with E-state index < -0.39 is 0 Å². The van der Waals surface area contributed by atoms with Crippen molar-refractivity contribution in [1.82, 2.24) is 24.5 Å². The Labute approximate surface area is 174 Å². The van der Waals surface area contributed by atoms with Crippen LogP contribution in [-0.4, -0.2) is 31.0 Å². The van der Waals surface area contributed by atoms with E-state index in [4.69, 9.17) is 12.2 Å². The van der Waals surface area contributed by atoms with Crippen molar-refractivity contribution in [3.63, 3.8) is 0 Å². The van der Waals surface area contributed by atoms with E-state index >= 15 is 0 Å². The van der Waals surface area contributed by atoms with Gasteiger partial charge in [-0.1, -0.05) is 0 Å². The van der Waals surface area contributed by atoms with Crippen LogP contribution >= 0.6 is 37.0 Å². The number of pyridine rings is 1. The average Bonchev–Trinajstić information content (AvgIpc) is 2.95. The van der Waals surface area contributed by atoms with Gasteiger partial charge in [-0.3, -0.25) is 4.98 Å².